The second-order valence-corrected chi connectivity index (χ2v) is 7.23. The van der Waals surface area contributed by atoms with E-state index in [1.165, 1.54) is 0 Å². The number of rotatable bonds is 7. The summed E-state index contributed by atoms with van der Waals surface area (Å²) >= 11 is 0. The highest BCUT2D eigenvalue weighted by Crippen LogP contribution is 2.20. The molecule has 28 heavy (non-hydrogen) atoms. The molecule has 2 aromatic carbocycles. The normalized spacial score (nSPS) is 14.0. The van der Waals surface area contributed by atoms with Crippen molar-refractivity contribution in [1.29, 1.82) is 0 Å². The maximum absolute atomic E-state index is 12.2. The molecule has 0 aromatic heterocycles. The molecule has 1 heterocycles. The van der Waals surface area contributed by atoms with E-state index in [0.717, 1.165) is 56.0 Å². The van der Waals surface area contributed by atoms with Crippen molar-refractivity contribution in [3.8, 4) is 0 Å². The summed E-state index contributed by atoms with van der Waals surface area (Å²) in [7, 11) is 0. The van der Waals surface area contributed by atoms with Gasteiger partial charge in [-0.3, -0.25) is 9.59 Å². The van der Waals surface area contributed by atoms with Gasteiger partial charge in [0.15, 0.2) is 0 Å². The van der Waals surface area contributed by atoms with E-state index < -0.39 is 0 Å². The standard InChI is InChI=1S/C23H29N3O2/c1-2-3-9-23(28)26-16-14-25(15-17-26)21-12-10-20(11-13-21)24-22(27)18-19-7-5-4-6-8-19/h4-8,10-13H,2-3,9,14-18H2,1H3,(H,24,27). The summed E-state index contributed by atoms with van der Waals surface area (Å²) in [6.07, 6.45) is 3.06. The molecule has 1 aliphatic heterocycles. The number of benzene rings is 2. The molecular weight excluding hydrogens is 350 g/mol. The first-order chi connectivity index (χ1) is 13.7. The number of unbranched alkanes of at least 4 members (excludes halogenated alkanes) is 1. The minimum atomic E-state index is -0.0156. The van der Waals surface area contributed by atoms with Crippen molar-refractivity contribution in [3.63, 3.8) is 0 Å². The largest absolute Gasteiger partial charge is 0.368 e. The quantitative estimate of drug-likeness (QED) is 0.798. The van der Waals surface area contributed by atoms with Gasteiger partial charge < -0.3 is 15.1 Å². The third kappa shape index (κ3) is 5.59. The maximum Gasteiger partial charge on any atom is 0.228 e. The number of carbonyl (C=O) groups is 2. The average molecular weight is 380 g/mol. The number of anilines is 2. The average Bonchev–Trinajstić information content (AvgIpc) is 2.73. The van der Waals surface area contributed by atoms with E-state index in [0.29, 0.717) is 12.8 Å². The topological polar surface area (TPSA) is 52.7 Å². The molecule has 0 saturated carbocycles. The molecule has 1 saturated heterocycles. The number of hydrogen-bond acceptors (Lipinski definition) is 3. The van der Waals surface area contributed by atoms with Crippen LogP contribution in [0.4, 0.5) is 11.4 Å². The molecular formula is C23H29N3O2. The highest BCUT2D eigenvalue weighted by molar-refractivity contribution is 5.92. The molecule has 3 rings (SSSR count). The number of piperazine rings is 1. The van der Waals surface area contributed by atoms with Gasteiger partial charge in [0, 0.05) is 44.0 Å². The summed E-state index contributed by atoms with van der Waals surface area (Å²) in [6.45, 7) is 5.35. The Labute approximate surface area is 167 Å². The van der Waals surface area contributed by atoms with Crippen LogP contribution in [0.25, 0.3) is 0 Å². The molecule has 0 bridgehead atoms. The molecule has 5 nitrogen and oxygen atoms in total. The van der Waals surface area contributed by atoms with E-state index in [-0.39, 0.29) is 11.8 Å². The van der Waals surface area contributed by atoms with Gasteiger partial charge >= 0.3 is 0 Å². The zero-order chi connectivity index (χ0) is 19.8. The Hall–Kier alpha value is -2.82. The first-order valence-electron chi connectivity index (χ1n) is 10.1. The van der Waals surface area contributed by atoms with E-state index in [4.69, 9.17) is 0 Å². The van der Waals surface area contributed by atoms with E-state index in [1.807, 2.05) is 59.5 Å². The summed E-state index contributed by atoms with van der Waals surface area (Å²) in [5.41, 5.74) is 2.93. The van der Waals surface area contributed by atoms with Gasteiger partial charge in [0.05, 0.1) is 6.42 Å². The summed E-state index contributed by atoms with van der Waals surface area (Å²) in [6, 6.07) is 17.7. The lowest BCUT2D eigenvalue weighted by molar-refractivity contribution is -0.131. The fourth-order valence-electron chi connectivity index (χ4n) is 3.44. The fraction of sp³-hybridized carbons (Fsp3) is 0.391. The van der Waals surface area contributed by atoms with Crippen molar-refractivity contribution in [1.82, 2.24) is 4.90 Å². The van der Waals surface area contributed by atoms with Crippen molar-refractivity contribution >= 4 is 23.2 Å². The molecule has 5 heteroatoms. The van der Waals surface area contributed by atoms with Gasteiger partial charge in [-0.05, 0) is 36.2 Å². The zero-order valence-electron chi connectivity index (χ0n) is 16.6. The van der Waals surface area contributed by atoms with Crippen molar-refractivity contribution < 1.29 is 9.59 Å². The lowest BCUT2D eigenvalue weighted by Gasteiger charge is -2.36. The third-order valence-corrected chi connectivity index (χ3v) is 5.10. The molecule has 2 aromatic rings. The third-order valence-electron chi connectivity index (χ3n) is 5.10. The van der Waals surface area contributed by atoms with E-state index in [1.54, 1.807) is 0 Å². The molecule has 1 N–H and O–H groups in total. The van der Waals surface area contributed by atoms with Gasteiger partial charge in [-0.1, -0.05) is 43.7 Å². The molecule has 0 radical (unpaired) electrons. The highest BCUT2D eigenvalue weighted by atomic mass is 16.2. The lowest BCUT2D eigenvalue weighted by atomic mass is 10.1. The van der Waals surface area contributed by atoms with Crippen LogP contribution in [-0.2, 0) is 16.0 Å². The van der Waals surface area contributed by atoms with E-state index in [2.05, 4.69) is 17.1 Å². The van der Waals surface area contributed by atoms with Crippen LogP contribution in [0, 0.1) is 0 Å². The molecule has 1 fully saturated rings. The molecule has 148 valence electrons. The Morgan fingerprint density at radius 1 is 0.929 bits per heavy atom. The molecule has 0 spiro atoms. The van der Waals surface area contributed by atoms with E-state index >= 15 is 0 Å². The van der Waals surface area contributed by atoms with Gasteiger partial charge in [0.25, 0.3) is 0 Å². The zero-order valence-corrected chi connectivity index (χ0v) is 16.6. The van der Waals surface area contributed by atoms with E-state index in [9.17, 15) is 9.59 Å². The minimum Gasteiger partial charge on any atom is -0.368 e. The molecule has 2 amide bonds. The number of nitrogens with one attached hydrogen (secondary N) is 1. The first-order valence-corrected chi connectivity index (χ1v) is 10.1. The fourth-order valence-corrected chi connectivity index (χ4v) is 3.44. The second-order valence-electron chi connectivity index (χ2n) is 7.23. The van der Waals surface area contributed by atoms with Gasteiger partial charge in [0.1, 0.15) is 0 Å². The van der Waals surface area contributed by atoms with Crippen LogP contribution in [-0.4, -0.2) is 42.9 Å². The summed E-state index contributed by atoms with van der Waals surface area (Å²) < 4.78 is 0. The van der Waals surface area contributed by atoms with Crippen LogP contribution in [0.5, 0.6) is 0 Å². The Kier molecular flexibility index (Phi) is 7.06. The summed E-state index contributed by atoms with van der Waals surface area (Å²) in [5.74, 6) is 0.260. The second kappa shape index (κ2) is 9.93. The van der Waals surface area contributed by atoms with Gasteiger partial charge in [-0.2, -0.15) is 0 Å². The Morgan fingerprint density at radius 3 is 2.25 bits per heavy atom. The van der Waals surface area contributed by atoms with Gasteiger partial charge in [-0.15, -0.1) is 0 Å². The van der Waals surface area contributed by atoms with Crippen molar-refractivity contribution in [2.24, 2.45) is 0 Å². The molecule has 0 atom stereocenters. The van der Waals surface area contributed by atoms with Crippen LogP contribution >= 0.6 is 0 Å². The molecule has 1 aliphatic rings. The maximum atomic E-state index is 12.2. The van der Waals surface area contributed by atoms with Gasteiger partial charge in [0.2, 0.25) is 11.8 Å². The highest BCUT2D eigenvalue weighted by Gasteiger charge is 2.20. The van der Waals surface area contributed by atoms with Gasteiger partial charge in [-0.25, -0.2) is 0 Å². The smallest absolute Gasteiger partial charge is 0.228 e. The summed E-state index contributed by atoms with van der Waals surface area (Å²) in [5, 5.41) is 2.95. The lowest BCUT2D eigenvalue weighted by Crippen LogP contribution is -2.48. The number of nitrogens with zero attached hydrogens (tertiary/aromatic N) is 2. The first kappa shape index (κ1) is 19.9. The predicted octanol–water partition coefficient (Wildman–Crippen LogP) is 3.71. The van der Waals surface area contributed by atoms with Crippen LogP contribution in [0.1, 0.15) is 31.7 Å². The Morgan fingerprint density at radius 2 is 1.61 bits per heavy atom. The van der Waals surface area contributed by atoms with Crippen LogP contribution in [0.3, 0.4) is 0 Å². The number of amides is 2. The van der Waals surface area contributed by atoms with Crippen molar-refractivity contribution in [2.75, 3.05) is 36.4 Å². The predicted molar refractivity (Wildman–Crippen MR) is 114 cm³/mol. The Balaban J connectivity index is 1.48. The minimum absolute atomic E-state index is 0.0156. The van der Waals surface area contributed by atoms with Crippen molar-refractivity contribution in [2.45, 2.75) is 32.6 Å². The summed E-state index contributed by atoms with van der Waals surface area (Å²) in [4.78, 5) is 28.6. The number of carbonyl (C=O) groups excluding carboxylic acids is 2. The number of hydrogen-bond donors (Lipinski definition) is 1. The molecule has 0 aliphatic carbocycles. The van der Waals surface area contributed by atoms with Crippen LogP contribution in [0.2, 0.25) is 0 Å². The monoisotopic (exact) mass is 379 g/mol. The molecule has 0 unspecified atom stereocenters. The van der Waals surface area contributed by atoms with Crippen molar-refractivity contribution in [3.05, 3.63) is 60.2 Å². The van der Waals surface area contributed by atoms with Crippen LogP contribution < -0.4 is 10.2 Å². The Bertz CT molecular complexity index is 766. The SMILES string of the molecule is CCCCC(=O)N1CCN(c2ccc(NC(=O)Cc3ccccc3)cc2)CC1. The van der Waals surface area contributed by atoms with Crippen LogP contribution in [0.15, 0.2) is 54.6 Å².